The topological polar surface area (TPSA) is 77.8 Å². The minimum atomic E-state index is -1.12. The lowest BCUT2D eigenvalue weighted by Gasteiger charge is -2.35. The predicted octanol–water partition coefficient (Wildman–Crippen LogP) is 0.469. The Kier molecular flexibility index (Phi) is 4.29. The molecule has 5 heteroatoms. The van der Waals surface area contributed by atoms with E-state index in [1.807, 2.05) is 0 Å². The third-order valence-corrected chi connectivity index (χ3v) is 3.28. The van der Waals surface area contributed by atoms with Gasteiger partial charge in [-0.1, -0.05) is 12.8 Å². The summed E-state index contributed by atoms with van der Waals surface area (Å²) in [5.74, 6) is -2.60. The molecule has 0 spiro atoms. The Morgan fingerprint density at radius 1 is 1.31 bits per heavy atom. The summed E-state index contributed by atoms with van der Waals surface area (Å²) in [4.78, 5) is 23.9. The molecule has 0 bridgehead atoms. The van der Waals surface area contributed by atoms with Crippen molar-refractivity contribution in [2.24, 2.45) is 5.92 Å². The number of likely N-dealkylation sites (N-methyl/N-ethyl adjacent to an activating group) is 1. The van der Waals surface area contributed by atoms with E-state index < -0.39 is 23.9 Å². The molecule has 0 aromatic carbocycles. The summed E-state index contributed by atoms with van der Waals surface area (Å²) < 4.78 is 0. The van der Waals surface area contributed by atoms with Crippen LogP contribution >= 0.6 is 0 Å². The molecule has 1 saturated carbocycles. The van der Waals surface area contributed by atoms with Crippen LogP contribution in [0.25, 0.3) is 0 Å². The molecule has 0 aromatic rings. The fourth-order valence-corrected chi connectivity index (χ4v) is 2.12. The molecule has 1 rings (SSSR count). The summed E-state index contributed by atoms with van der Waals surface area (Å²) >= 11 is 0. The number of rotatable bonds is 3. The molecule has 1 amide bonds. The third-order valence-electron chi connectivity index (χ3n) is 3.28. The van der Waals surface area contributed by atoms with Gasteiger partial charge in [-0.2, -0.15) is 0 Å². The first-order chi connectivity index (χ1) is 7.45. The van der Waals surface area contributed by atoms with Crippen molar-refractivity contribution in [2.45, 2.75) is 44.8 Å². The lowest BCUT2D eigenvalue weighted by Crippen LogP contribution is -2.49. The highest BCUT2D eigenvalue weighted by molar-refractivity contribution is 5.96. The smallest absolute Gasteiger partial charge is 0.315 e. The van der Waals surface area contributed by atoms with Crippen LogP contribution in [0.4, 0.5) is 0 Å². The van der Waals surface area contributed by atoms with Crippen LogP contribution in [0.5, 0.6) is 0 Å². The van der Waals surface area contributed by atoms with Gasteiger partial charge in [0.15, 0.2) is 0 Å². The van der Waals surface area contributed by atoms with Crippen molar-refractivity contribution in [1.29, 1.82) is 0 Å². The van der Waals surface area contributed by atoms with Gasteiger partial charge < -0.3 is 15.1 Å². The number of hydrogen-bond donors (Lipinski definition) is 2. The van der Waals surface area contributed by atoms with E-state index in [1.54, 1.807) is 7.05 Å². The van der Waals surface area contributed by atoms with Gasteiger partial charge in [0, 0.05) is 7.05 Å². The Labute approximate surface area is 95.1 Å². The van der Waals surface area contributed by atoms with Gasteiger partial charge in [0.25, 0.3) is 0 Å². The number of carbonyl (C=O) groups is 2. The van der Waals surface area contributed by atoms with E-state index >= 15 is 0 Å². The van der Waals surface area contributed by atoms with Crippen molar-refractivity contribution in [1.82, 2.24) is 4.90 Å². The number of aliphatic hydroxyl groups is 1. The zero-order valence-corrected chi connectivity index (χ0v) is 9.72. The second-order valence-electron chi connectivity index (χ2n) is 4.43. The molecular weight excluding hydrogens is 210 g/mol. The highest BCUT2D eigenvalue weighted by Crippen LogP contribution is 2.23. The highest BCUT2D eigenvalue weighted by Gasteiger charge is 2.33. The second kappa shape index (κ2) is 5.30. The van der Waals surface area contributed by atoms with Gasteiger partial charge in [0.2, 0.25) is 5.91 Å². The number of carboxylic acid groups (broad SMARTS) is 1. The van der Waals surface area contributed by atoms with Crippen LogP contribution in [0.1, 0.15) is 32.6 Å². The standard InChI is InChI=1S/C11H19NO4/c1-7(11(15)16)10(14)12(2)8-5-3-4-6-9(8)13/h7-9,13H,3-6H2,1-2H3,(H,15,16). The van der Waals surface area contributed by atoms with E-state index in [2.05, 4.69) is 0 Å². The molecule has 1 aliphatic rings. The maximum Gasteiger partial charge on any atom is 0.315 e. The van der Waals surface area contributed by atoms with E-state index in [-0.39, 0.29) is 6.04 Å². The molecule has 3 unspecified atom stereocenters. The average molecular weight is 229 g/mol. The van der Waals surface area contributed by atoms with Gasteiger partial charge >= 0.3 is 5.97 Å². The minimum Gasteiger partial charge on any atom is -0.481 e. The summed E-state index contributed by atoms with van der Waals surface area (Å²) in [5, 5.41) is 18.5. The Hall–Kier alpha value is -1.10. The number of nitrogens with zero attached hydrogens (tertiary/aromatic N) is 1. The first-order valence-corrected chi connectivity index (χ1v) is 5.62. The van der Waals surface area contributed by atoms with E-state index in [9.17, 15) is 14.7 Å². The summed E-state index contributed by atoms with van der Waals surface area (Å²) in [6, 6.07) is -0.233. The number of aliphatic hydroxyl groups excluding tert-OH is 1. The lowest BCUT2D eigenvalue weighted by molar-refractivity contribution is -0.152. The van der Waals surface area contributed by atoms with Crippen molar-refractivity contribution in [3.05, 3.63) is 0 Å². The molecule has 0 saturated heterocycles. The monoisotopic (exact) mass is 229 g/mol. The molecule has 5 nitrogen and oxygen atoms in total. The van der Waals surface area contributed by atoms with E-state index in [0.29, 0.717) is 6.42 Å². The number of hydrogen-bond acceptors (Lipinski definition) is 3. The largest absolute Gasteiger partial charge is 0.481 e. The molecular formula is C11H19NO4. The quantitative estimate of drug-likeness (QED) is 0.689. The number of carbonyl (C=O) groups excluding carboxylic acids is 1. The van der Waals surface area contributed by atoms with Gasteiger partial charge in [-0.15, -0.1) is 0 Å². The van der Waals surface area contributed by atoms with Crippen molar-refractivity contribution >= 4 is 11.9 Å². The van der Waals surface area contributed by atoms with Crippen LogP contribution in [0, 0.1) is 5.92 Å². The predicted molar refractivity (Wildman–Crippen MR) is 57.8 cm³/mol. The second-order valence-corrected chi connectivity index (χ2v) is 4.43. The third kappa shape index (κ3) is 2.72. The Balaban J connectivity index is 2.65. The minimum absolute atomic E-state index is 0.233. The van der Waals surface area contributed by atoms with Crippen molar-refractivity contribution in [3.8, 4) is 0 Å². The summed E-state index contributed by atoms with van der Waals surface area (Å²) in [6.45, 7) is 1.37. The van der Waals surface area contributed by atoms with E-state index in [1.165, 1.54) is 11.8 Å². The molecule has 0 aromatic heterocycles. The first kappa shape index (κ1) is 13.0. The molecule has 1 fully saturated rings. The van der Waals surface area contributed by atoms with E-state index in [4.69, 9.17) is 5.11 Å². The Morgan fingerprint density at radius 3 is 2.38 bits per heavy atom. The molecule has 0 heterocycles. The molecule has 1 aliphatic carbocycles. The zero-order chi connectivity index (χ0) is 12.3. The van der Waals surface area contributed by atoms with Crippen LogP contribution in [-0.2, 0) is 9.59 Å². The highest BCUT2D eigenvalue weighted by atomic mass is 16.4. The fraction of sp³-hybridized carbons (Fsp3) is 0.818. The van der Waals surface area contributed by atoms with Gasteiger partial charge in [-0.3, -0.25) is 9.59 Å². The molecule has 92 valence electrons. The number of carboxylic acids is 1. The maximum atomic E-state index is 11.8. The Morgan fingerprint density at radius 2 is 1.88 bits per heavy atom. The molecule has 16 heavy (non-hydrogen) atoms. The molecule has 2 N–H and O–H groups in total. The van der Waals surface area contributed by atoms with Crippen LogP contribution in [-0.4, -0.2) is 46.2 Å². The van der Waals surface area contributed by atoms with Crippen LogP contribution < -0.4 is 0 Å². The van der Waals surface area contributed by atoms with Crippen molar-refractivity contribution in [2.75, 3.05) is 7.05 Å². The Bertz CT molecular complexity index is 279. The van der Waals surface area contributed by atoms with E-state index in [0.717, 1.165) is 19.3 Å². The maximum absolute atomic E-state index is 11.8. The van der Waals surface area contributed by atoms with Crippen LogP contribution in [0.15, 0.2) is 0 Å². The summed E-state index contributed by atoms with van der Waals surface area (Å²) in [5.41, 5.74) is 0. The summed E-state index contributed by atoms with van der Waals surface area (Å²) in [6.07, 6.45) is 2.85. The lowest BCUT2D eigenvalue weighted by atomic mass is 9.91. The SMILES string of the molecule is CC(C(=O)O)C(=O)N(C)C1CCCCC1O. The van der Waals surface area contributed by atoms with Crippen LogP contribution in [0.2, 0.25) is 0 Å². The van der Waals surface area contributed by atoms with Gasteiger partial charge in [-0.05, 0) is 19.8 Å². The van der Waals surface area contributed by atoms with Gasteiger partial charge in [0.05, 0.1) is 12.1 Å². The molecule has 3 atom stereocenters. The van der Waals surface area contributed by atoms with Gasteiger partial charge in [-0.25, -0.2) is 0 Å². The average Bonchev–Trinajstić information content (AvgIpc) is 2.26. The first-order valence-electron chi connectivity index (χ1n) is 5.62. The number of amides is 1. The summed E-state index contributed by atoms with van der Waals surface area (Å²) in [7, 11) is 1.57. The van der Waals surface area contributed by atoms with Gasteiger partial charge in [0.1, 0.15) is 5.92 Å². The zero-order valence-electron chi connectivity index (χ0n) is 9.72. The number of aliphatic carboxylic acids is 1. The van der Waals surface area contributed by atoms with Crippen molar-refractivity contribution in [3.63, 3.8) is 0 Å². The normalized spacial score (nSPS) is 27.2. The fourth-order valence-electron chi connectivity index (χ4n) is 2.12. The molecule has 0 aliphatic heterocycles. The van der Waals surface area contributed by atoms with Crippen molar-refractivity contribution < 1.29 is 19.8 Å². The molecule has 0 radical (unpaired) electrons. The van der Waals surface area contributed by atoms with Crippen LogP contribution in [0.3, 0.4) is 0 Å².